The smallest absolute Gasteiger partial charge is 0.267 e. The molecule has 0 fully saturated rings. The first-order valence-corrected chi connectivity index (χ1v) is 11.2. The van der Waals surface area contributed by atoms with Gasteiger partial charge in [0.2, 0.25) is 0 Å². The second kappa shape index (κ2) is 10.4. The van der Waals surface area contributed by atoms with Gasteiger partial charge in [-0.05, 0) is 69.3 Å². The lowest BCUT2D eigenvalue weighted by Gasteiger charge is -2.18. The number of amides is 2. The summed E-state index contributed by atoms with van der Waals surface area (Å²) < 4.78 is 5.71. The lowest BCUT2D eigenvalue weighted by molar-refractivity contribution is 0.0773. The fourth-order valence-electron chi connectivity index (χ4n) is 2.98. The molecule has 1 heterocycles. The molecule has 0 unspecified atom stereocenters. The molecule has 2 amide bonds. The largest absolute Gasteiger partial charge is 0.486 e. The summed E-state index contributed by atoms with van der Waals surface area (Å²) in [6.07, 6.45) is 0. The first-order valence-electron chi connectivity index (χ1n) is 9.96. The van der Waals surface area contributed by atoms with Gasteiger partial charge in [0.25, 0.3) is 11.8 Å². The number of nitrogens with zero attached hydrogens (tertiary/aromatic N) is 2. The Balaban J connectivity index is 1.62. The molecule has 0 radical (unpaired) electrons. The van der Waals surface area contributed by atoms with Crippen molar-refractivity contribution in [2.75, 3.05) is 18.4 Å². The van der Waals surface area contributed by atoms with Crippen LogP contribution in [0.4, 0.5) is 5.69 Å². The standard InChI is InChI=1S/C23H24ClN3O3S/c1-4-27(5-2)23(29)16-6-10-18(11-7-16)26-22(28)21-15(3)25-20(31-21)14-30-19-12-8-17(24)9-13-19/h6-13H,4-5,14H2,1-3H3,(H,26,28). The molecule has 0 aliphatic heterocycles. The molecule has 3 aromatic rings. The van der Waals surface area contributed by atoms with Gasteiger partial charge >= 0.3 is 0 Å². The summed E-state index contributed by atoms with van der Waals surface area (Å²) in [6.45, 7) is 7.26. The summed E-state index contributed by atoms with van der Waals surface area (Å²) in [5, 5.41) is 4.21. The highest BCUT2D eigenvalue weighted by molar-refractivity contribution is 7.13. The minimum atomic E-state index is -0.240. The Hall–Kier alpha value is -2.90. The van der Waals surface area contributed by atoms with Crippen LogP contribution in [-0.4, -0.2) is 34.8 Å². The minimum absolute atomic E-state index is 0.0218. The van der Waals surface area contributed by atoms with Gasteiger partial charge in [-0.25, -0.2) is 4.98 Å². The third-order valence-corrected chi connectivity index (χ3v) is 6.05. The summed E-state index contributed by atoms with van der Waals surface area (Å²) in [4.78, 5) is 31.8. The van der Waals surface area contributed by atoms with Crippen molar-refractivity contribution >= 4 is 40.4 Å². The Bertz CT molecular complexity index is 1040. The summed E-state index contributed by atoms with van der Waals surface area (Å²) >= 11 is 7.17. The van der Waals surface area contributed by atoms with Gasteiger partial charge in [-0.3, -0.25) is 9.59 Å². The second-order valence-electron chi connectivity index (χ2n) is 6.77. The van der Waals surface area contributed by atoms with Crippen molar-refractivity contribution in [3.8, 4) is 5.75 Å². The molecule has 0 bridgehead atoms. The number of ether oxygens (including phenoxy) is 1. The summed E-state index contributed by atoms with van der Waals surface area (Å²) in [5.74, 6) is 0.421. The lowest BCUT2D eigenvalue weighted by Crippen LogP contribution is -2.30. The topological polar surface area (TPSA) is 71.5 Å². The number of halogens is 1. The number of nitrogens with one attached hydrogen (secondary N) is 1. The first-order chi connectivity index (χ1) is 14.9. The first kappa shape index (κ1) is 22.8. The van der Waals surface area contributed by atoms with Gasteiger partial charge < -0.3 is 15.0 Å². The molecule has 0 spiro atoms. The van der Waals surface area contributed by atoms with Crippen molar-refractivity contribution in [3.63, 3.8) is 0 Å². The maximum atomic E-state index is 12.7. The maximum absolute atomic E-state index is 12.7. The van der Waals surface area contributed by atoms with Crippen LogP contribution in [0.3, 0.4) is 0 Å². The highest BCUT2D eigenvalue weighted by Gasteiger charge is 2.17. The van der Waals surface area contributed by atoms with Crippen molar-refractivity contribution in [3.05, 3.63) is 74.7 Å². The fraction of sp³-hybridized carbons (Fsp3) is 0.261. The van der Waals surface area contributed by atoms with Crippen molar-refractivity contribution in [2.45, 2.75) is 27.4 Å². The van der Waals surface area contributed by atoms with E-state index in [1.54, 1.807) is 60.4 Å². The van der Waals surface area contributed by atoms with E-state index in [1.807, 2.05) is 13.8 Å². The van der Waals surface area contributed by atoms with E-state index in [2.05, 4.69) is 10.3 Å². The maximum Gasteiger partial charge on any atom is 0.267 e. The van der Waals surface area contributed by atoms with Gasteiger partial charge in [0.05, 0.1) is 5.69 Å². The normalized spacial score (nSPS) is 10.6. The molecule has 0 saturated carbocycles. The van der Waals surface area contributed by atoms with Gasteiger partial charge in [0, 0.05) is 29.4 Å². The summed E-state index contributed by atoms with van der Waals surface area (Å²) in [5.41, 5.74) is 1.86. The fourth-order valence-corrected chi connectivity index (χ4v) is 3.98. The molecule has 0 aliphatic rings. The van der Waals surface area contributed by atoms with Gasteiger partial charge in [-0.2, -0.15) is 0 Å². The minimum Gasteiger partial charge on any atom is -0.486 e. The number of rotatable bonds is 8. The zero-order valence-electron chi connectivity index (χ0n) is 17.6. The van der Waals surface area contributed by atoms with Crippen LogP contribution in [0.5, 0.6) is 5.75 Å². The molecule has 3 rings (SSSR count). The summed E-state index contributed by atoms with van der Waals surface area (Å²) in [7, 11) is 0. The van der Waals surface area contributed by atoms with E-state index >= 15 is 0 Å². The average molecular weight is 458 g/mol. The van der Waals surface area contributed by atoms with Crippen molar-refractivity contribution in [1.29, 1.82) is 0 Å². The van der Waals surface area contributed by atoms with Crippen molar-refractivity contribution < 1.29 is 14.3 Å². The summed E-state index contributed by atoms with van der Waals surface area (Å²) in [6, 6.07) is 14.0. The number of aromatic nitrogens is 1. The third kappa shape index (κ3) is 5.83. The lowest BCUT2D eigenvalue weighted by atomic mass is 10.1. The number of aryl methyl sites for hydroxylation is 1. The predicted molar refractivity (Wildman–Crippen MR) is 124 cm³/mol. The van der Waals surface area contributed by atoms with Crippen molar-refractivity contribution in [1.82, 2.24) is 9.88 Å². The van der Waals surface area contributed by atoms with Crippen LogP contribution in [-0.2, 0) is 6.61 Å². The second-order valence-corrected chi connectivity index (χ2v) is 8.29. The third-order valence-electron chi connectivity index (χ3n) is 4.66. The number of benzene rings is 2. The molecule has 162 valence electrons. The van der Waals surface area contributed by atoms with Gasteiger partial charge in [0.1, 0.15) is 22.2 Å². The molecular formula is C23H24ClN3O3S. The van der Waals surface area contributed by atoms with Crippen molar-refractivity contribution in [2.24, 2.45) is 0 Å². The number of anilines is 1. The number of carbonyl (C=O) groups excluding carboxylic acids is 2. The number of carbonyl (C=O) groups is 2. The zero-order valence-corrected chi connectivity index (χ0v) is 19.2. The number of hydrogen-bond donors (Lipinski definition) is 1. The van der Waals surface area contributed by atoms with E-state index < -0.39 is 0 Å². The van der Waals surface area contributed by atoms with Crippen LogP contribution in [0.15, 0.2) is 48.5 Å². The molecule has 0 atom stereocenters. The molecule has 1 aromatic heterocycles. The van der Waals surface area contributed by atoms with Crippen LogP contribution in [0.25, 0.3) is 0 Å². The Morgan fingerprint density at radius 3 is 2.32 bits per heavy atom. The average Bonchev–Trinajstić information content (AvgIpc) is 3.15. The molecule has 31 heavy (non-hydrogen) atoms. The quantitative estimate of drug-likeness (QED) is 0.490. The number of thiazole rings is 1. The number of hydrogen-bond acceptors (Lipinski definition) is 5. The van der Waals surface area contributed by atoms with E-state index in [0.717, 1.165) is 0 Å². The molecule has 2 aromatic carbocycles. The Labute approximate surface area is 190 Å². The SMILES string of the molecule is CCN(CC)C(=O)c1ccc(NC(=O)c2sc(COc3ccc(Cl)cc3)nc2C)cc1. The predicted octanol–water partition coefficient (Wildman–Crippen LogP) is 5.42. The molecule has 6 nitrogen and oxygen atoms in total. The monoisotopic (exact) mass is 457 g/mol. The van der Waals surface area contributed by atoms with E-state index in [9.17, 15) is 9.59 Å². The highest BCUT2D eigenvalue weighted by Crippen LogP contribution is 2.23. The van der Waals surface area contributed by atoms with E-state index in [0.29, 0.717) is 50.7 Å². The van der Waals surface area contributed by atoms with Gasteiger partial charge in [-0.1, -0.05) is 11.6 Å². The Morgan fingerprint density at radius 1 is 1.06 bits per heavy atom. The van der Waals surface area contributed by atoms with E-state index in [1.165, 1.54) is 11.3 Å². The Kier molecular flexibility index (Phi) is 7.65. The zero-order chi connectivity index (χ0) is 22.4. The molecule has 1 N–H and O–H groups in total. The van der Waals surface area contributed by atoms with E-state index in [4.69, 9.17) is 16.3 Å². The Morgan fingerprint density at radius 2 is 1.71 bits per heavy atom. The van der Waals surface area contributed by atoms with Crippen LogP contribution in [0, 0.1) is 6.92 Å². The molecule has 0 saturated heterocycles. The molecule has 0 aliphatic carbocycles. The van der Waals surface area contributed by atoms with Crippen LogP contribution < -0.4 is 10.1 Å². The molecular weight excluding hydrogens is 434 g/mol. The van der Waals surface area contributed by atoms with E-state index in [-0.39, 0.29) is 18.4 Å². The van der Waals surface area contributed by atoms with Crippen LogP contribution in [0.1, 0.15) is 44.6 Å². The molecule has 8 heteroatoms. The van der Waals surface area contributed by atoms with Gasteiger partial charge in [0.15, 0.2) is 0 Å². The van der Waals surface area contributed by atoms with Crippen LogP contribution in [0.2, 0.25) is 5.02 Å². The van der Waals surface area contributed by atoms with Gasteiger partial charge in [-0.15, -0.1) is 11.3 Å². The highest BCUT2D eigenvalue weighted by atomic mass is 35.5. The van der Waals surface area contributed by atoms with Crippen LogP contribution >= 0.6 is 22.9 Å².